The second kappa shape index (κ2) is 4.09. The fourth-order valence-electron chi connectivity index (χ4n) is 1.86. The SMILES string of the molecule is CC1(C)CCC(NCC(F)(F)F)CC1. The molecule has 4 heteroatoms. The van der Waals surface area contributed by atoms with Crippen LogP contribution in [0.4, 0.5) is 13.2 Å². The van der Waals surface area contributed by atoms with E-state index in [0.717, 1.165) is 25.7 Å². The van der Waals surface area contributed by atoms with Gasteiger partial charge in [0, 0.05) is 6.04 Å². The molecule has 1 rings (SSSR count). The maximum atomic E-state index is 11.9. The Bertz CT molecular complexity index is 176. The molecule has 0 bridgehead atoms. The molecule has 0 unspecified atom stereocenters. The molecule has 84 valence electrons. The van der Waals surface area contributed by atoms with E-state index in [-0.39, 0.29) is 6.04 Å². The summed E-state index contributed by atoms with van der Waals surface area (Å²) in [6, 6.07) is 0.0599. The smallest absolute Gasteiger partial charge is 0.306 e. The topological polar surface area (TPSA) is 12.0 Å². The van der Waals surface area contributed by atoms with Crippen molar-refractivity contribution in [2.45, 2.75) is 51.7 Å². The molecule has 0 aliphatic heterocycles. The van der Waals surface area contributed by atoms with Crippen molar-refractivity contribution in [3.8, 4) is 0 Å². The Morgan fingerprint density at radius 2 is 1.71 bits per heavy atom. The van der Waals surface area contributed by atoms with Gasteiger partial charge in [0.05, 0.1) is 6.54 Å². The summed E-state index contributed by atoms with van der Waals surface area (Å²) in [5, 5.41) is 2.57. The molecule has 0 atom stereocenters. The van der Waals surface area contributed by atoms with Gasteiger partial charge in [-0.1, -0.05) is 13.8 Å². The lowest BCUT2D eigenvalue weighted by atomic mass is 9.75. The van der Waals surface area contributed by atoms with E-state index in [9.17, 15) is 13.2 Å². The van der Waals surface area contributed by atoms with Gasteiger partial charge in [0.25, 0.3) is 0 Å². The quantitative estimate of drug-likeness (QED) is 0.736. The van der Waals surface area contributed by atoms with Gasteiger partial charge >= 0.3 is 6.18 Å². The van der Waals surface area contributed by atoms with Crippen molar-refractivity contribution in [2.75, 3.05) is 6.54 Å². The highest BCUT2D eigenvalue weighted by atomic mass is 19.4. The van der Waals surface area contributed by atoms with Crippen LogP contribution in [-0.2, 0) is 0 Å². The van der Waals surface area contributed by atoms with Gasteiger partial charge in [-0.3, -0.25) is 0 Å². The van der Waals surface area contributed by atoms with Crippen LogP contribution in [0, 0.1) is 5.41 Å². The molecule has 1 aliphatic rings. The summed E-state index contributed by atoms with van der Waals surface area (Å²) in [5.74, 6) is 0. The fourth-order valence-corrected chi connectivity index (χ4v) is 1.86. The van der Waals surface area contributed by atoms with Crippen molar-refractivity contribution in [3.05, 3.63) is 0 Å². The normalized spacial score (nSPS) is 23.8. The summed E-state index contributed by atoms with van der Waals surface area (Å²) in [6.07, 6.45) is -0.315. The van der Waals surface area contributed by atoms with E-state index in [1.807, 2.05) is 0 Å². The van der Waals surface area contributed by atoms with Gasteiger partial charge in [0.15, 0.2) is 0 Å². The highest BCUT2D eigenvalue weighted by Crippen LogP contribution is 2.35. The molecule has 1 saturated carbocycles. The summed E-state index contributed by atoms with van der Waals surface area (Å²) < 4.78 is 35.7. The zero-order valence-corrected chi connectivity index (χ0v) is 8.75. The Labute approximate surface area is 83.1 Å². The number of nitrogens with one attached hydrogen (secondary N) is 1. The van der Waals surface area contributed by atoms with E-state index in [0.29, 0.717) is 5.41 Å². The minimum Gasteiger partial charge on any atom is -0.306 e. The molecule has 0 saturated heterocycles. The van der Waals surface area contributed by atoms with Crippen LogP contribution in [0.2, 0.25) is 0 Å². The van der Waals surface area contributed by atoms with Gasteiger partial charge in [-0.15, -0.1) is 0 Å². The molecule has 1 aliphatic carbocycles. The van der Waals surface area contributed by atoms with Crippen LogP contribution in [0.15, 0.2) is 0 Å². The van der Waals surface area contributed by atoms with Crippen molar-refractivity contribution in [1.29, 1.82) is 0 Å². The number of hydrogen-bond acceptors (Lipinski definition) is 1. The molecule has 1 fully saturated rings. The van der Waals surface area contributed by atoms with Gasteiger partial charge in [-0.25, -0.2) is 0 Å². The third-order valence-corrected chi connectivity index (χ3v) is 2.93. The molecule has 0 spiro atoms. The summed E-state index contributed by atoms with van der Waals surface area (Å²) >= 11 is 0. The van der Waals surface area contributed by atoms with E-state index < -0.39 is 12.7 Å². The fraction of sp³-hybridized carbons (Fsp3) is 1.00. The van der Waals surface area contributed by atoms with Gasteiger partial charge < -0.3 is 5.32 Å². The van der Waals surface area contributed by atoms with E-state index >= 15 is 0 Å². The maximum absolute atomic E-state index is 11.9. The second-order valence-corrected chi connectivity index (χ2v) is 4.93. The predicted molar refractivity (Wildman–Crippen MR) is 50.1 cm³/mol. The molecule has 14 heavy (non-hydrogen) atoms. The van der Waals surface area contributed by atoms with Gasteiger partial charge in [0.1, 0.15) is 0 Å². The van der Waals surface area contributed by atoms with Gasteiger partial charge in [-0.05, 0) is 31.1 Å². The van der Waals surface area contributed by atoms with Crippen LogP contribution < -0.4 is 5.32 Å². The van der Waals surface area contributed by atoms with Crippen LogP contribution in [0.5, 0.6) is 0 Å². The number of rotatable bonds is 2. The third kappa shape index (κ3) is 4.31. The highest BCUT2D eigenvalue weighted by Gasteiger charge is 2.31. The first-order valence-corrected chi connectivity index (χ1v) is 5.09. The van der Waals surface area contributed by atoms with Crippen molar-refractivity contribution in [3.63, 3.8) is 0 Å². The van der Waals surface area contributed by atoms with Crippen LogP contribution in [0.25, 0.3) is 0 Å². The standard InChI is InChI=1S/C10H18F3N/c1-9(2)5-3-8(4-6-9)14-7-10(11,12)13/h8,14H,3-7H2,1-2H3. The lowest BCUT2D eigenvalue weighted by Gasteiger charge is -2.34. The molecule has 0 radical (unpaired) electrons. The number of halogens is 3. The first-order valence-electron chi connectivity index (χ1n) is 5.09. The summed E-state index contributed by atoms with van der Waals surface area (Å²) in [4.78, 5) is 0. The molecular weight excluding hydrogens is 191 g/mol. The molecular formula is C10H18F3N. The Balaban J connectivity index is 2.23. The Hall–Kier alpha value is -0.250. The molecule has 0 aromatic carbocycles. The zero-order chi connectivity index (χ0) is 10.8. The first kappa shape index (κ1) is 11.8. The molecule has 0 heterocycles. The van der Waals surface area contributed by atoms with Crippen LogP contribution in [0.1, 0.15) is 39.5 Å². The lowest BCUT2D eigenvalue weighted by Crippen LogP contribution is -2.40. The third-order valence-electron chi connectivity index (χ3n) is 2.93. The van der Waals surface area contributed by atoms with Gasteiger partial charge in [0.2, 0.25) is 0 Å². The monoisotopic (exact) mass is 209 g/mol. The molecule has 0 amide bonds. The lowest BCUT2D eigenvalue weighted by molar-refractivity contribution is -0.126. The zero-order valence-electron chi connectivity index (χ0n) is 8.75. The van der Waals surface area contributed by atoms with Crippen LogP contribution in [-0.4, -0.2) is 18.8 Å². The summed E-state index contributed by atoms with van der Waals surface area (Å²) in [7, 11) is 0. The van der Waals surface area contributed by atoms with E-state index in [2.05, 4.69) is 19.2 Å². The Morgan fingerprint density at radius 3 is 2.14 bits per heavy atom. The van der Waals surface area contributed by atoms with E-state index in [1.54, 1.807) is 0 Å². The minimum atomic E-state index is -4.08. The van der Waals surface area contributed by atoms with Crippen molar-refractivity contribution in [2.24, 2.45) is 5.41 Å². The molecule has 1 nitrogen and oxygen atoms in total. The van der Waals surface area contributed by atoms with E-state index in [1.165, 1.54) is 0 Å². The minimum absolute atomic E-state index is 0.0599. The van der Waals surface area contributed by atoms with Crippen molar-refractivity contribution in [1.82, 2.24) is 5.32 Å². The average Bonchev–Trinajstić information content (AvgIpc) is 2.01. The van der Waals surface area contributed by atoms with Crippen molar-refractivity contribution < 1.29 is 13.2 Å². The van der Waals surface area contributed by atoms with Crippen molar-refractivity contribution >= 4 is 0 Å². The molecule has 0 aromatic rings. The highest BCUT2D eigenvalue weighted by molar-refractivity contribution is 4.82. The molecule has 0 aromatic heterocycles. The van der Waals surface area contributed by atoms with Crippen LogP contribution in [0.3, 0.4) is 0 Å². The predicted octanol–water partition coefficient (Wildman–Crippen LogP) is 3.11. The largest absolute Gasteiger partial charge is 0.401 e. The summed E-state index contributed by atoms with van der Waals surface area (Å²) in [5.41, 5.74) is 0.316. The average molecular weight is 209 g/mol. The second-order valence-electron chi connectivity index (χ2n) is 4.93. The van der Waals surface area contributed by atoms with E-state index in [4.69, 9.17) is 0 Å². The van der Waals surface area contributed by atoms with Gasteiger partial charge in [-0.2, -0.15) is 13.2 Å². The summed E-state index contributed by atoms with van der Waals surface area (Å²) in [6.45, 7) is 3.50. The molecule has 1 N–H and O–H groups in total. The Morgan fingerprint density at radius 1 is 1.21 bits per heavy atom. The Kier molecular flexibility index (Phi) is 3.45. The van der Waals surface area contributed by atoms with Crippen LogP contribution >= 0.6 is 0 Å². The number of hydrogen-bond donors (Lipinski definition) is 1. The first-order chi connectivity index (χ1) is 6.29. The maximum Gasteiger partial charge on any atom is 0.401 e. The number of alkyl halides is 3.